The lowest BCUT2D eigenvalue weighted by Crippen LogP contribution is -2.13. The first-order chi connectivity index (χ1) is 10.6. The van der Waals surface area contributed by atoms with Gasteiger partial charge < -0.3 is 15.5 Å². The van der Waals surface area contributed by atoms with Gasteiger partial charge >= 0.3 is 0 Å². The maximum atomic E-state index is 5.73. The molecule has 0 amide bonds. The second kappa shape index (κ2) is 8.05. The van der Waals surface area contributed by atoms with Crippen LogP contribution in [0, 0.1) is 0 Å². The van der Waals surface area contributed by atoms with Crippen LogP contribution >= 0.6 is 11.8 Å². The first-order valence-corrected chi connectivity index (χ1v) is 8.17. The molecule has 7 heteroatoms. The Kier molecular flexibility index (Phi) is 6.09. The molecular formula is C15H23N5OS. The van der Waals surface area contributed by atoms with Gasteiger partial charge in [-0.15, -0.1) is 10.2 Å². The third kappa shape index (κ3) is 4.64. The number of nitrogens with two attached hydrogens (primary N) is 1. The molecule has 6 nitrogen and oxygen atoms in total. The van der Waals surface area contributed by atoms with E-state index < -0.39 is 0 Å². The molecule has 2 N–H and O–H groups in total. The van der Waals surface area contributed by atoms with Crippen LogP contribution in [0.15, 0.2) is 29.7 Å². The second-order valence-electron chi connectivity index (χ2n) is 5.36. The number of aromatic nitrogens is 3. The highest BCUT2D eigenvalue weighted by atomic mass is 32.2. The fraction of sp³-hybridized carbons (Fsp3) is 0.467. The van der Waals surface area contributed by atoms with Gasteiger partial charge in [0.15, 0.2) is 0 Å². The number of nitrogen functional groups attached to an aromatic ring is 1. The van der Waals surface area contributed by atoms with Crippen molar-refractivity contribution in [2.45, 2.75) is 23.8 Å². The minimum atomic E-state index is 0.695. The molecule has 1 aromatic carbocycles. The number of ether oxygens (including phenoxy) is 1. The Morgan fingerprint density at radius 3 is 2.82 bits per heavy atom. The quantitative estimate of drug-likeness (QED) is 0.590. The molecule has 2 aromatic rings. The summed E-state index contributed by atoms with van der Waals surface area (Å²) >= 11 is 1.55. The minimum Gasteiger partial charge on any atom is -0.496 e. The van der Waals surface area contributed by atoms with Crippen LogP contribution in [0.4, 0.5) is 0 Å². The largest absolute Gasteiger partial charge is 0.496 e. The van der Waals surface area contributed by atoms with Crippen molar-refractivity contribution in [3.63, 3.8) is 0 Å². The van der Waals surface area contributed by atoms with E-state index in [4.69, 9.17) is 10.6 Å². The van der Waals surface area contributed by atoms with Crippen LogP contribution in [0.1, 0.15) is 17.5 Å². The number of methoxy groups -OCH3 is 1. The topological polar surface area (TPSA) is 69.2 Å². The Morgan fingerprint density at radius 1 is 1.36 bits per heavy atom. The van der Waals surface area contributed by atoms with Gasteiger partial charge in [0.25, 0.3) is 0 Å². The highest BCUT2D eigenvalue weighted by Gasteiger charge is 2.08. The van der Waals surface area contributed by atoms with Gasteiger partial charge in [0.05, 0.1) is 7.11 Å². The molecule has 0 aliphatic rings. The predicted molar refractivity (Wildman–Crippen MR) is 89.6 cm³/mol. The summed E-state index contributed by atoms with van der Waals surface area (Å²) in [7, 11) is 5.89. The molecule has 0 saturated carbocycles. The monoisotopic (exact) mass is 321 g/mol. The Hall–Kier alpha value is -1.73. The van der Waals surface area contributed by atoms with E-state index in [2.05, 4.69) is 41.3 Å². The maximum Gasteiger partial charge on any atom is 0.209 e. The molecule has 0 fully saturated rings. The van der Waals surface area contributed by atoms with Gasteiger partial charge in [-0.25, -0.2) is 4.68 Å². The van der Waals surface area contributed by atoms with Crippen LogP contribution in [-0.2, 0) is 12.2 Å². The third-order valence-corrected chi connectivity index (χ3v) is 4.32. The average molecular weight is 321 g/mol. The summed E-state index contributed by atoms with van der Waals surface area (Å²) in [4.78, 5) is 2.20. The molecule has 2 rings (SSSR count). The SMILES string of the molecule is COc1ccc(CCCN(C)C)cc1CSc1nncn1N. The lowest BCUT2D eigenvalue weighted by Gasteiger charge is -2.12. The van der Waals surface area contributed by atoms with E-state index in [1.807, 2.05) is 6.07 Å². The fourth-order valence-electron chi connectivity index (χ4n) is 2.18. The van der Waals surface area contributed by atoms with E-state index in [-0.39, 0.29) is 0 Å². The number of hydrogen-bond acceptors (Lipinski definition) is 6. The first-order valence-electron chi connectivity index (χ1n) is 7.18. The van der Waals surface area contributed by atoms with E-state index in [0.29, 0.717) is 5.16 Å². The van der Waals surface area contributed by atoms with Gasteiger partial charge in [-0.05, 0) is 45.1 Å². The predicted octanol–water partition coefficient (Wildman–Crippen LogP) is 1.79. The number of nitrogens with zero attached hydrogens (tertiary/aromatic N) is 4. The number of rotatable bonds is 8. The van der Waals surface area contributed by atoms with Gasteiger partial charge in [-0.3, -0.25) is 0 Å². The smallest absolute Gasteiger partial charge is 0.209 e. The number of aryl methyl sites for hydroxylation is 1. The summed E-state index contributed by atoms with van der Waals surface area (Å²) < 4.78 is 6.88. The lowest BCUT2D eigenvalue weighted by atomic mass is 10.1. The Bertz CT molecular complexity index is 599. The van der Waals surface area contributed by atoms with Crippen LogP contribution in [0.5, 0.6) is 5.75 Å². The van der Waals surface area contributed by atoms with Crippen molar-refractivity contribution >= 4 is 11.8 Å². The van der Waals surface area contributed by atoms with Crippen LogP contribution in [0.2, 0.25) is 0 Å². The molecule has 0 aliphatic carbocycles. The summed E-state index contributed by atoms with van der Waals surface area (Å²) in [6.07, 6.45) is 3.70. The molecule has 1 heterocycles. The van der Waals surface area contributed by atoms with Crippen molar-refractivity contribution in [3.8, 4) is 5.75 Å². The molecule has 22 heavy (non-hydrogen) atoms. The normalized spacial score (nSPS) is 11.1. The molecule has 0 saturated heterocycles. The Balaban J connectivity index is 2.02. The van der Waals surface area contributed by atoms with Crippen molar-refractivity contribution in [2.75, 3.05) is 33.6 Å². The Morgan fingerprint density at radius 2 is 2.18 bits per heavy atom. The van der Waals surface area contributed by atoms with Gasteiger partial charge in [0.2, 0.25) is 5.16 Å². The summed E-state index contributed by atoms with van der Waals surface area (Å²) in [5.41, 5.74) is 2.48. The van der Waals surface area contributed by atoms with Crippen molar-refractivity contribution < 1.29 is 4.74 Å². The molecule has 0 aliphatic heterocycles. The molecule has 1 aromatic heterocycles. The van der Waals surface area contributed by atoms with Crippen molar-refractivity contribution in [1.82, 2.24) is 19.8 Å². The van der Waals surface area contributed by atoms with Crippen LogP contribution < -0.4 is 10.6 Å². The van der Waals surface area contributed by atoms with E-state index in [9.17, 15) is 0 Å². The van der Waals surface area contributed by atoms with Crippen molar-refractivity contribution in [2.24, 2.45) is 0 Å². The number of thioether (sulfide) groups is 1. The highest BCUT2D eigenvalue weighted by molar-refractivity contribution is 7.98. The van der Waals surface area contributed by atoms with E-state index in [0.717, 1.165) is 36.5 Å². The van der Waals surface area contributed by atoms with Crippen LogP contribution in [-0.4, -0.2) is 47.5 Å². The van der Waals surface area contributed by atoms with Crippen LogP contribution in [0.3, 0.4) is 0 Å². The zero-order valence-electron chi connectivity index (χ0n) is 13.3. The van der Waals surface area contributed by atoms with Gasteiger partial charge in [-0.2, -0.15) is 0 Å². The molecule has 0 radical (unpaired) electrons. The van der Waals surface area contributed by atoms with Gasteiger partial charge in [0.1, 0.15) is 12.1 Å². The van der Waals surface area contributed by atoms with E-state index >= 15 is 0 Å². The summed E-state index contributed by atoms with van der Waals surface area (Å²) in [6, 6.07) is 6.38. The third-order valence-electron chi connectivity index (χ3n) is 3.31. The average Bonchev–Trinajstić information content (AvgIpc) is 2.90. The Labute approximate surface area is 135 Å². The second-order valence-corrected chi connectivity index (χ2v) is 6.30. The zero-order chi connectivity index (χ0) is 15.9. The van der Waals surface area contributed by atoms with Gasteiger partial charge in [0, 0.05) is 11.3 Å². The van der Waals surface area contributed by atoms with E-state index in [1.54, 1.807) is 18.9 Å². The lowest BCUT2D eigenvalue weighted by molar-refractivity contribution is 0.399. The fourth-order valence-corrected chi connectivity index (χ4v) is 2.99. The zero-order valence-corrected chi connectivity index (χ0v) is 14.1. The molecular weight excluding hydrogens is 298 g/mol. The molecule has 0 spiro atoms. The molecule has 0 atom stereocenters. The van der Waals surface area contributed by atoms with Crippen molar-refractivity contribution in [3.05, 3.63) is 35.7 Å². The number of benzene rings is 1. The highest BCUT2D eigenvalue weighted by Crippen LogP contribution is 2.27. The summed E-state index contributed by atoms with van der Waals surface area (Å²) in [5, 5.41) is 8.46. The summed E-state index contributed by atoms with van der Waals surface area (Å²) in [6.45, 7) is 1.09. The molecule has 0 unspecified atom stereocenters. The first kappa shape index (κ1) is 16.6. The van der Waals surface area contributed by atoms with E-state index in [1.165, 1.54) is 16.6 Å². The van der Waals surface area contributed by atoms with Crippen LogP contribution in [0.25, 0.3) is 0 Å². The standard InChI is InChI=1S/C15H23N5OS/c1-19(2)8-4-5-12-6-7-14(21-3)13(9-12)10-22-15-18-17-11-20(15)16/h6-7,9,11H,4-5,8,10,16H2,1-3H3. The van der Waals surface area contributed by atoms with Gasteiger partial charge in [-0.1, -0.05) is 23.9 Å². The molecule has 120 valence electrons. The number of hydrogen-bond donors (Lipinski definition) is 1. The van der Waals surface area contributed by atoms with Crippen molar-refractivity contribution in [1.29, 1.82) is 0 Å². The minimum absolute atomic E-state index is 0.695. The molecule has 0 bridgehead atoms. The maximum absolute atomic E-state index is 5.73. The summed E-state index contributed by atoms with van der Waals surface area (Å²) in [5.74, 6) is 7.38.